The third-order valence-corrected chi connectivity index (χ3v) is 3.70. The molecule has 5 N–H and O–H groups in total. The van der Waals surface area contributed by atoms with Gasteiger partial charge >= 0.3 is 13.5 Å². The van der Waals surface area contributed by atoms with E-state index >= 15 is 0 Å². The summed E-state index contributed by atoms with van der Waals surface area (Å²) in [4.78, 5) is 32.6. The molecule has 1 aromatic rings. The summed E-state index contributed by atoms with van der Waals surface area (Å²) in [6.45, 7) is 1.14. The summed E-state index contributed by atoms with van der Waals surface area (Å²) in [6, 6.07) is 1.41. The fraction of sp³-hybridized carbons (Fsp3) is 0.600. The van der Waals surface area contributed by atoms with Gasteiger partial charge in [0.1, 0.15) is 18.1 Å². The molecule has 10 nitrogen and oxygen atoms in total. The molecule has 1 fully saturated rings. The lowest BCUT2D eigenvalue weighted by Crippen LogP contribution is -2.31. The molecular formula is C10H16N3O7P. The maximum Gasteiger partial charge on any atom is 0.469 e. The lowest BCUT2D eigenvalue weighted by Gasteiger charge is -2.17. The number of aliphatic hydroxyl groups excluding tert-OH is 1. The molecule has 0 aliphatic carbocycles. The van der Waals surface area contributed by atoms with Crippen LogP contribution < -0.4 is 11.4 Å². The molecule has 2 heterocycles. The van der Waals surface area contributed by atoms with Crippen LogP contribution in [0.2, 0.25) is 0 Å². The predicted molar refractivity (Wildman–Crippen MR) is 70.0 cm³/mol. The second-order valence-electron chi connectivity index (χ2n) is 4.74. The quantitative estimate of drug-likeness (QED) is 0.501. The molecule has 11 heteroatoms. The number of phosphoric ester groups is 1. The molecule has 0 spiro atoms. The van der Waals surface area contributed by atoms with E-state index in [4.69, 9.17) is 20.3 Å². The molecule has 1 aliphatic heterocycles. The first-order valence-electron chi connectivity index (χ1n) is 6.07. The highest BCUT2D eigenvalue weighted by Crippen LogP contribution is 2.39. The van der Waals surface area contributed by atoms with E-state index in [1.54, 1.807) is 6.92 Å². The van der Waals surface area contributed by atoms with Crippen molar-refractivity contribution in [3.8, 4) is 0 Å². The fourth-order valence-electron chi connectivity index (χ4n) is 2.14. The molecule has 2 rings (SSSR count). The molecule has 0 aromatic carbocycles. The summed E-state index contributed by atoms with van der Waals surface area (Å²) in [5, 5.41) is 10.0. The summed E-state index contributed by atoms with van der Waals surface area (Å²) < 4.78 is 21.6. The number of aliphatic hydroxyl groups is 1. The molecule has 21 heavy (non-hydrogen) atoms. The van der Waals surface area contributed by atoms with E-state index in [9.17, 15) is 14.5 Å². The van der Waals surface area contributed by atoms with Crippen molar-refractivity contribution in [3.05, 3.63) is 22.7 Å². The van der Waals surface area contributed by atoms with Gasteiger partial charge in [0, 0.05) is 12.1 Å². The zero-order valence-electron chi connectivity index (χ0n) is 11.1. The normalized spacial score (nSPS) is 29.7. The molecule has 0 amide bonds. The van der Waals surface area contributed by atoms with E-state index < -0.39 is 44.5 Å². The number of nitrogen functional groups attached to an aromatic ring is 1. The summed E-state index contributed by atoms with van der Waals surface area (Å²) in [5.41, 5.74) is 4.75. The Balaban J connectivity index is 2.16. The summed E-state index contributed by atoms with van der Waals surface area (Å²) in [6.07, 6.45) is -1.47. The van der Waals surface area contributed by atoms with Gasteiger partial charge in [-0.1, -0.05) is 6.92 Å². The van der Waals surface area contributed by atoms with Crippen LogP contribution in [0.4, 0.5) is 5.82 Å². The number of anilines is 1. The minimum atomic E-state index is -4.66. The first-order valence-corrected chi connectivity index (χ1v) is 7.60. The van der Waals surface area contributed by atoms with Crippen molar-refractivity contribution in [1.29, 1.82) is 0 Å². The molecule has 0 radical (unpaired) electrons. The van der Waals surface area contributed by atoms with Crippen LogP contribution in [0.5, 0.6) is 0 Å². The zero-order chi connectivity index (χ0) is 15.8. The van der Waals surface area contributed by atoms with E-state index in [0.29, 0.717) is 0 Å². The van der Waals surface area contributed by atoms with Crippen LogP contribution in [0.15, 0.2) is 17.1 Å². The summed E-state index contributed by atoms with van der Waals surface area (Å²) in [5.74, 6) is -0.442. The van der Waals surface area contributed by atoms with Gasteiger partial charge in [-0.15, -0.1) is 0 Å². The van der Waals surface area contributed by atoms with Crippen molar-refractivity contribution >= 4 is 13.6 Å². The summed E-state index contributed by atoms with van der Waals surface area (Å²) >= 11 is 0. The molecule has 4 atom stereocenters. The Morgan fingerprint density at radius 3 is 2.81 bits per heavy atom. The van der Waals surface area contributed by atoms with Crippen LogP contribution in [0.25, 0.3) is 0 Å². The highest BCUT2D eigenvalue weighted by atomic mass is 31.2. The van der Waals surface area contributed by atoms with E-state index in [1.165, 1.54) is 12.3 Å². The number of rotatable bonds is 4. The fourth-order valence-corrected chi connectivity index (χ4v) is 2.48. The van der Waals surface area contributed by atoms with E-state index in [-0.39, 0.29) is 5.82 Å². The van der Waals surface area contributed by atoms with Gasteiger partial charge in [-0.25, -0.2) is 9.36 Å². The molecule has 1 aromatic heterocycles. The molecule has 2 unspecified atom stereocenters. The van der Waals surface area contributed by atoms with E-state index in [2.05, 4.69) is 9.51 Å². The van der Waals surface area contributed by atoms with Crippen molar-refractivity contribution in [1.82, 2.24) is 9.55 Å². The Labute approximate surface area is 119 Å². The largest absolute Gasteiger partial charge is 0.469 e. The molecule has 0 saturated carbocycles. The maximum atomic E-state index is 11.8. The number of phosphoric acid groups is 1. The Morgan fingerprint density at radius 2 is 2.24 bits per heavy atom. The molecule has 1 saturated heterocycles. The molecular weight excluding hydrogens is 305 g/mol. The Morgan fingerprint density at radius 1 is 1.57 bits per heavy atom. The average molecular weight is 321 g/mol. The van der Waals surface area contributed by atoms with Gasteiger partial charge in [0.15, 0.2) is 0 Å². The first kappa shape index (κ1) is 16.1. The molecule has 118 valence electrons. The van der Waals surface area contributed by atoms with Gasteiger partial charge in [0.05, 0.1) is 12.7 Å². The van der Waals surface area contributed by atoms with Gasteiger partial charge in [0.25, 0.3) is 0 Å². The number of nitrogens with two attached hydrogens (primary N) is 1. The summed E-state index contributed by atoms with van der Waals surface area (Å²) in [7, 11) is -4.66. The standard InChI is InChI=1S/C10H16N3O7P/c1-5-8(14)6(4-19-21(16,17)18)20-9(5)13-3-2-7(11)12-10(13)15/h2-3,5-6,8-9,14H,4H2,1H3,(H2,11,12,15)(H2,16,17,18)/t5?,6-,8?,9-/m1/s1. The Bertz CT molecular complexity index is 615. The minimum Gasteiger partial charge on any atom is -0.390 e. The van der Waals surface area contributed by atoms with Crippen molar-refractivity contribution in [2.24, 2.45) is 5.92 Å². The van der Waals surface area contributed by atoms with Crippen LogP contribution in [0, 0.1) is 5.92 Å². The van der Waals surface area contributed by atoms with Crippen molar-refractivity contribution in [3.63, 3.8) is 0 Å². The van der Waals surface area contributed by atoms with Gasteiger partial charge in [-0.05, 0) is 6.07 Å². The number of hydrogen-bond donors (Lipinski definition) is 4. The number of nitrogens with zero attached hydrogens (tertiary/aromatic N) is 2. The highest BCUT2D eigenvalue weighted by molar-refractivity contribution is 7.46. The Kier molecular flexibility index (Phi) is 4.47. The topological polar surface area (TPSA) is 157 Å². The smallest absolute Gasteiger partial charge is 0.390 e. The SMILES string of the molecule is CC1C(O)[C@@H](COP(=O)(O)O)O[C@H]1n1ccc(N)nc1=O. The third kappa shape index (κ3) is 3.67. The van der Waals surface area contributed by atoms with Crippen molar-refractivity contribution in [2.45, 2.75) is 25.4 Å². The number of ether oxygens (including phenoxy) is 1. The minimum absolute atomic E-state index is 0.0591. The predicted octanol–water partition coefficient (Wildman–Crippen LogP) is -1.17. The Hall–Kier alpha value is -1.29. The monoisotopic (exact) mass is 321 g/mol. The first-order chi connectivity index (χ1) is 9.69. The van der Waals surface area contributed by atoms with Crippen LogP contribution in [-0.4, -0.2) is 43.3 Å². The van der Waals surface area contributed by atoms with Crippen LogP contribution in [0.3, 0.4) is 0 Å². The second-order valence-corrected chi connectivity index (χ2v) is 5.98. The van der Waals surface area contributed by atoms with E-state index in [0.717, 1.165) is 4.57 Å². The zero-order valence-corrected chi connectivity index (χ0v) is 12.0. The number of aromatic nitrogens is 2. The van der Waals surface area contributed by atoms with Crippen molar-refractivity contribution in [2.75, 3.05) is 12.3 Å². The molecule has 1 aliphatic rings. The second kappa shape index (κ2) is 5.84. The lowest BCUT2D eigenvalue weighted by molar-refractivity contribution is -0.0468. The van der Waals surface area contributed by atoms with E-state index in [1.807, 2.05) is 0 Å². The lowest BCUT2D eigenvalue weighted by atomic mass is 10.0. The van der Waals surface area contributed by atoms with Gasteiger partial charge < -0.3 is 25.4 Å². The van der Waals surface area contributed by atoms with Gasteiger partial charge in [-0.3, -0.25) is 9.09 Å². The maximum absolute atomic E-state index is 11.8. The average Bonchev–Trinajstić information content (AvgIpc) is 2.64. The highest BCUT2D eigenvalue weighted by Gasteiger charge is 2.43. The van der Waals surface area contributed by atoms with Crippen molar-refractivity contribution < 1.29 is 28.7 Å². The van der Waals surface area contributed by atoms with Gasteiger partial charge in [-0.2, -0.15) is 4.98 Å². The third-order valence-electron chi connectivity index (χ3n) is 3.22. The van der Waals surface area contributed by atoms with Crippen LogP contribution in [0.1, 0.15) is 13.2 Å². The van der Waals surface area contributed by atoms with Crippen LogP contribution >= 0.6 is 7.82 Å². The molecule has 0 bridgehead atoms. The van der Waals surface area contributed by atoms with Gasteiger partial charge in [0.2, 0.25) is 0 Å². The van der Waals surface area contributed by atoms with Crippen LogP contribution in [-0.2, 0) is 13.8 Å². The number of hydrogen-bond acceptors (Lipinski definition) is 7.